The van der Waals surface area contributed by atoms with Gasteiger partial charge in [0.05, 0.1) is 6.54 Å². The standard InChI is InChI=1S/C12H22N4/c1-9(7-13-12(4,5)6)8-16-11(3)14-10(2)15-16/h13H,1,7-8H2,2-6H3. The van der Waals surface area contributed by atoms with Crippen LogP contribution in [0.25, 0.3) is 0 Å². The lowest BCUT2D eigenvalue weighted by molar-refractivity contribution is 0.438. The van der Waals surface area contributed by atoms with Crippen molar-refractivity contribution in [3.8, 4) is 0 Å². The first-order chi connectivity index (χ1) is 7.28. The van der Waals surface area contributed by atoms with Crippen LogP contribution in [-0.2, 0) is 6.54 Å². The van der Waals surface area contributed by atoms with Crippen molar-refractivity contribution in [3.05, 3.63) is 23.8 Å². The highest BCUT2D eigenvalue weighted by Gasteiger charge is 2.10. The summed E-state index contributed by atoms with van der Waals surface area (Å²) in [4.78, 5) is 4.26. The Morgan fingerprint density at radius 1 is 1.38 bits per heavy atom. The average molecular weight is 222 g/mol. The number of aromatic nitrogens is 3. The van der Waals surface area contributed by atoms with Crippen molar-refractivity contribution >= 4 is 0 Å². The third-order valence-corrected chi connectivity index (χ3v) is 2.20. The number of nitrogens with zero attached hydrogens (tertiary/aromatic N) is 3. The Hall–Kier alpha value is -1.16. The summed E-state index contributed by atoms with van der Waals surface area (Å²) >= 11 is 0. The van der Waals surface area contributed by atoms with Crippen molar-refractivity contribution in [2.24, 2.45) is 0 Å². The molecule has 0 spiro atoms. The van der Waals surface area contributed by atoms with Crippen LogP contribution in [-0.4, -0.2) is 26.8 Å². The van der Waals surface area contributed by atoms with Gasteiger partial charge in [-0.25, -0.2) is 9.67 Å². The average Bonchev–Trinajstić information content (AvgIpc) is 2.41. The predicted molar refractivity (Wildman–Crippen MR) is 66.4 cm³/mol. The summed E-state index contributed by atoms with van der Waals surface area (Å²) in [5.41, 5.74) is 1.24. The zero-order valence-electron chi connectivity index (χ0n) is 11.0. The van der Waals surface area contributed by atoms with Gasteiger partial charge in [-0.1, -0.05) is 6.58 Å². The molecule has 0 saturated heterocycles. The zero-order valence-corrected chi connectivity index (χ0v) is 11.0. The summed E-state index contributed by atoms with van der Waals surface area (Å²) in [5.74, 6) is 1.75. The van der Waals surface area contributed by atoms with Crippen LogP contribution >= 0.6 is 0 Å². The maximum atomic E-state index is 4.31. The van der Waals surface area contributed by atoms with Crippen LogP contribution in [0.3, 0.4) is 0 Å². The lowest BCUT2D eigenvalue weighted by atomic mass is 10.1. The first kappa shape index (κ1) is 12.9. The normalized spacial score (nSPS) is 11.8. The van der Waals surface area contributed by atoms with E-state index in [1.165, 1.54) is 0 Å². The molecule has 1 aromatic heterocycles. The fourth-order valence-corrected chi connectivity index (χ4v) is 1.37. The molecule has 0 fully saturated rings. The van der Waals surface area contributed by atoms with Crippen LogP contribution in [0.2, 0.25) is 0 Å². The lowest BCUT2D eigenvalue weighted by Gasteiger charge is -2.21. The zero-order chi connectivity index (χ0) is 12.3. The molecule has 0 radical (unpaired) electrons. The third-order valence-electron chi connectivity index (χ3n) is 2.20. The lowest BCUT2D eigenvalue weighted by Crippen LogP contribution is -2.37. The predicted octanol–water partition coefficient (Wildman–Crippen LogP) is 1.84. The molecule has 1 aromatic rings. The van der Waals surface area contributed by atoms with E-state index in [2.05, 4.69) is 42.7 Å². The minimum absolute atomic E-state index is 0.121. The van der Waals surface area contributed by atoms with Gasteiger partial charge in [0.1, 0.15) is 11.6 Å². The molecule has 0 aliphatic rings. The van der Waals surface area contributed by atoms with E-state index in [4.69, 9.17) is 0 Å². The van der Waals surface area contributed by atoms with Gasteiger partial charge in [0, 0.05) is 12.1 Å². The van der Waals surface area contributed by atoms with Crippen molar-refractivity contribution in [2.75, 3.05) is 6.54 Å². The Bertz CT molecular complexity index is 371. The summed E-state index contributed by atoms with van der Waals surface area (Å²) in [6.07, 6.45) is 0. The maximum Gasteiger partial charge on any atom is 0.147 e. The van der Waals surface area contributed by atoms with E-state index >= 15 is 0 Å². The molecule has 0 amide bonds. The maximum absolute atomic E-state index is 4.31. The van der Waals surface area contributed by atoms with Gasteiger partial charge in [-0.3, -0.25) is 0 Å². The monoisotopic (exact) mass is 222 g/mol. The van der Waals surface area contributed by atoms with Gasteiger partial charge >= 0.3 is 0 Å². The summed E-state index contributed by atoms with van der Waals surface area (Å²) < 4.78 is 1.89. The van der Waals surface area contributed by atoms with E-state index in [1.54, 1.807) is 0 Å². The molecule has 0 atom stereocenters. The van der Waals surface area contributed by atoms with Crippen LogP contribution in [0.4, 0.5) is 0 Å². The summed E-state index contributed by atoms with van der Waals surface area (Å²) in [6.45, 7) is 15.9. The molecule has 0 saturated carbocycles. The topological polar surface area (TPSA) is 42.7 Å². The van der Waals surface area contributed by atoms with E-state index in [9.17, 15) is 0 Å². The van der Waals surface area contributed by atoms with Gasteiger partial charge in [-0.2, -0.15) is 5.10 Å². The quantitative estimate of drug-likeness (QED) is 0.790. The number of hydrogen-bond donors (Lipinski definition) is 1. The van der Waals surface area contributed by atoms with Crippen molar-refractivity contribution in [3.63, 3.8) is 0 Å². The molecular weight excluding hydrogens is 200 g/mol. The molecule has 4 heteroatoms. The van der Waals surface area contributed by atoms with Gasteiger partial charge in [0.2, 0.25) is 0 Å². The smallest absolute Gasteiger partial charge is 0.147 e. The molecule has 1 rings (SSSR count). The Balaban J connectivity index is 2.49. The van der Waals surface area contributed by atoms with Crippen LogP contribution < -0.4 is 5.32 Å². The van der Waals surface area contributed by atoms with E-state index in [-0.39, 0.29) is 5.54 Å². The van der Waals surface area contributed by atoms with Crippen molar-refractivity contribution in [1.29, 1.82) is 0 Å². The van der Waals surface area contributed by atoms with Crippen molar-refractivity contribution in [2.45, 2.75) is 46.7 Å². The Labute approximate surface area is 97.8 Å². The first-order valence-electron chi connectivity index (χ1n) is 5.57. The fourth-order valence-electron chi connectivity index (χ4n) is 1.37. The Morgan fingerprint density at radius 3 is 2.44 bits per heavy atom. The molecule has 0 unspecified atom stereocenters. The second-order valence-electron chi connectivity index (χ2n) is 5.22. The molecule has 0 aromatic carbocycles. The first-order valence-corrected chi connectivity index (χ1v) is 5.57. The van der Waals surface area contributed by atoms with Gasteiger partial charge < -0.3 is 5.32 Å². The molecule has 0 aliphatic heterocycles. The molecule has 16 heavy (non-hydrogen) atoms. The van der Waals surface area contributed by atoms with Crippen molar-refractivity contribution in [1.82, 2.24) is 20.1 Å². The summed E-state index contributed by atoms with van der Waals surface area (Å²) in [6, 6.07) is 0. The van der Waals surface area contributed by atoms with E-state index in [0.29, 0.717) is 0 Å². The Kier molecular flexibility index (Phi) is 3.86. The third kappa shape index (κ3) is 4.14. The molecule has 0 aliphatic carbocycles. The fraction of sp³-hybridized carbons (Fsp3) is 0.667. The van der Waals surface area contributed by atoms with Crippen LogP contribution in [0.5, 0.6) is 0 Å². The molecule has 4 nitrogen and oxygen atoms in total. The second kappa shape index (κ2) is 4.78. The SMILES string of the molecule is C=C(CNC(C)(C)C)Cn1nc(C)nc1C. The largest absolute Gasteiger partial charge is 0.308 e. The Morgan fingerprint density at radius 2 is 2.00 bits per heavy atom. The van der Waals surface area contributed by atoms with Gasteiger partial charge in [0.15, 0.2) is 0 Å². The highest BCUT2D eigenvalue weighted by Crippen LogP contribution is 2.03. The number of nitrogens with one attached hydrogen (secondary N) is 1. The summed E-state index contributed by atoms with van der Waals surface area (Å²) in [7, 11) is 0. The highest BCUT2D eigenvalue weighted by molar-refractivity contribution is 5.00. The molecule has 0 bridgehead atoms. The number of hydrogen-bond acceptors (Lipinski definition) is 3. The molecule has 1 N–H and O–H groups in total. The van der Waals surface area contributed by atoms with Crippen LogP contribution in [0, 0.1) is 13.8 Å². The highest BCUT2D eigenvalue weighted by atomic mass is 15.3. The number of rotatable bonds is 4. The van der Waals surface area contributed by atoms with E-state index in [0.717, 1.165) is 30.3 Å². The van der Waals surface area contributed by atoms with Crippen molar-refractivity contribution < 1.29 is 0 Å². The summed E-state index contributed by atoms with van der Waals surface area (Å²) in [5, 5.41) is 7.72. The number of aryl methyl sites for hydroxylation is 2. The molecule has 90 valence electrons. The minimum Gasteiger partial charge on any atom is -0.308 e. The van der Waals surface area contributed by atoms with Crippen LogP contribution in [0.15, 0.2) is 12.2 Å². The molecule has 1 heterocycles. The van der Waals surface area contributed by atoms with Crippen LogP contribution in [0.1, 0.15) is 32.4 Å². The van der Waals surface area contributed by atoms with E-state index in [1.807, 2.05) is 18.5 Å². The van der Waals surface area contributed by atoms with E-state index < -0.39 is 0 Å². The second-order valence-corrected chi connectivity index (χ2v) is 5.22. The van der Waals surface area contributed by atoms with Gasteiger partial charge in [0.25, 0.3) is 0 Å². The minimum atomic E-state index is 0.121. The van der Waals surface area contributed by atoms with Gasteiger partial charge in [-0.05, 0) is 40.2 Å². The molecular formula is C12H22N4. The van der Waals surface area contributed by atoms with Gasteiger partial charge in [-0.15, -0.1) is 0 Å².